The lowest BCUT2D eigenvalue weighted by atomic mass is 9.92. The van der Waals surface area contributed by atoms with Crippen molar-refractivity contribution in [3.8, 4) is 0 Å². The molecule has 0 N–H and O–H groups in total. The Morgan fingerprint density at radius 1 is 1.17 bits per heavy atom. The molecule has 0 saturated heterocycles. The van der Waals surface area contributed by atoms with Crippen molar-refractivity contribution >= 4 is 5.84 Å². The molecule has 12 heavy (non-hydrogen) atoms. The van der Waals surface area contributed by atoms with Crippen molar-refractivity contribution in [1.29, 1.82) is 0 Å². The summed E-state index contributed by atoms with van der Waals surface area (Å²) < 4.78 is 0. The van der Waals surface area contributed by atoms with Crippen LogP contribution in [0, 0.1) is 0 Å². The molecule has 0 aromatic heterocycles. The van der Waals surface area contributed by atoms with E-state index in [4.69, 9.17) is 0 Å². The van der Waals surface area contributed by atoms with Crippen LogP contribution < -0.4 is 0 Å². The van der Waals surface area contributed by atoms with Gasteiger partial charge in [0.1, 0.15) is 5.84 Å². The van der Waals surface area contributed by atoms with Gasteiger partial charge in [-0.15, -0.1) is 0 Å². The summed E-state index contributed by atoms with van der Waals surface area (Å²) in [5.41, 5.74) is 2.67. The zero-order chi connectivity index (χ0) is 9.52. The van der Waals surface area contributed by atoms with E-state index in [2.05, 4.69) is 51.6 Å². The standard InChI is InChI=1S/C10H18N2/c1-7-8(2)12(6)9(3)11-10(7,4)5/h1-6H3. The summed E-state index contributed by atoms with van der Waals surface area (Å²) in [6, 6.07) is 0. The number of aliphatic imine (C=N–C) groups is 1. The molecular formula is C10H18N2. The molecule has 1 heterocycles. The number of hydrogen-bond donors (Lipinski definition) is 0. The molecule has 0 aromatic rings. The minimum Gasteiger partial charge on any atom is -0.337 e. The van der Waals surface area contributed by atoms with E-state index < -0.39 is 0 Å². The first-order chi connectivity index (χ1) is 5.36. The molecular weight excluding hydrogens is 148 g/mol. The Kier molecular flexibility index (Phi) is 2.02. The van der Waals surface area contributed by atoms with E-state index in [0.29, 0.717) is 0 Å². The van der Waals surface area contributed by atoms with Gasteiger partial charge in [-0.1, -0.05) is 0 Å². The Morgan fingerprint density at radius 3 is 2.17 bits per heavy atom. The van der Waals surface area contributed by atoms with E-state index in [-0.39, 0.29) is 5.54 Å². The van der Waals surface area contributed by atoms with Crippen LogP contribution in [-0.4, -0.2) is 23.3 Å². The predicted molar refractivity (Wildman–Crippen MR) is 53.3 cm³/mol. The van der Waals surface area contributed by atoms with Gasteiger partial charge in [-0.3, -0.25) is 4.99 Å². The first-order valence-corrected chi connectivity index (χ1v) is 4.34. The Balaban J connectivity index is 3.15. The fourth-order valence-corrected chi connectivity index (χ4v) is 1.50. The summed E-state index contributed by atoms with van der Waals surface area (Å²) in [4.78, 5) is 6.75. The van der Waals surface area contributed by atoms with Crippen molar-refractivity contribution in [2.75, 3.05) is 7.05 Å². The van der Waals surface area contributed by atoms with Gasteiger partial charge in [0.2, 0.25) is 0 Å². The number of rotatable bonds is 0. The lowest BCUT2D eigenvalue weighted by Gasteiger charge is -2.35. The normalized spacial score (nSPS) is 22.8. The molecule has 2 nitrogen and oxygen atoms in total. The van der Waals surface area contributed by atoms with Crippen LogP contribution in [-0.2, 0) is 0 Å². The maximum atomic E-state index is 4.61. The van der Waals surface area contributed by atoms with Gasteiger partial charge < -0.3 is 4.90 Å². The zero-order valence-corrected chi connectivity index (χ0v) is 8.89. The average Bonchev–Trinajstić information content (AvgIpc) is 1.97. The van der Waals surface area contributed by atoms with E-state index in [1.54, 1.807) is 0 Å². The van der Waals surface area contributed by atoms with E-state index in [9.17, 15) is 0 Å². The highest BCUT2D eigenvalue weighted by Crippen LogP contribution is 2.29. The molecule has 0 spiro atoms. The summed E-state index contributed by atoms with van der Waals surface area (Å²) in [7, 11) is 2.06. The Morgan fingerprint density at radius 2 is 1.67 bits per heavy atom. The molecule has 0 radical (unpaired) electrons. The Bertz CT molecular complexity index is 259. The summed E-state index contributed by atoms with van der Waals surface area (Å²) in [6.45, 7) is 10.7. The number of allylic oxidation sites excluding steroid dienone is 1. The second-order valence-corrected chi connectivity index (χ2v) is 3.99. The highest BCUT2D eigenvalue weighted by atomic mass is 15.2. The molecule has 0 unspecified atom stereocenters. The number of amidine groups is 1. The molecule has 0 saturated carbocycles. The van der Waals surface area contributed by atoms with Gasteiger partial charge in [0.15, 0.2) is 0 Å². The van der Waals surface area contributed by atoms with Crippen LogP contribution in [0.15, 0.2) is 16.3 Å². The van der Waals surface area contributed by atoms with Crippen LogP contribution in [0.3, 0.4) is 0 Å². The van der Waals surface area contributed by atoms with Crippen molar-refractivity contribution in [2.45, 2.75) is 40.2 Å². The van der Waals surface area contributed by atoms with Crippen molar-refractivity contribution in [3.63, 3.8) is 0 Å². The molecule has 0 atom stereocenters. The lowest BCUT2D eigenvalue weighted by Crippen LogP contribution is -2.35. The van der Waals surface area contributed by atoms with Gasteiger partial charge in [-0.25, -0.2) is 0 Å². The van der Waals surface area contributed by atoms with Crippen molar-refractivity contribution in [3.05, 3.63) is 11.3 Å². The van der Waals surface area contributed by atoms with Gasteiger partial charge in [0.05, 0.1) is 5.54 Å². The maximum Gasteiger partial charge on any atom is 0.101 e. The smallest absolute Gasteiger partial charge is 0.101 e. The fraction of sp³-hybridized carbons (Fsp3) is 0.700. The topological polar surface area (TPSA) is 15.6 Å². The summed E-state index contributed by atoms with van der Waals surface area (Å²) in [5.74, 6) is 1.10. The highest BCUT2D eigenvalue weighted by molar-refractivity contribution is 5.83. The molecule has 68 valence electrons. The quantitative estimate of drug-likeness (QED) is 0.539. The molecule has 0 bridgehead atoms. The molecule has 0 aliphatic carbocycles. The number of hydrogen-bond acceptors (Lipinski definition) is 2. The maximum absolute atomic E-state index is 4.61. The van der Waals surface area contributed by atoms with Crippen LogP contribution in [0.1, 0.15) is 34.6 Å². The van der Waals surface area contributed by atoms with Crippen LogP contribution in [0.5, 0.6) is 0 Å². The minimum atomic E-state index is -0.0132. The first kappa shape index (κ1) is 9.30. The van der Waals surface area contributed by atoms with Crippen molar-refractivity contribution in [1.82, 2.24) is 4.90 Å². The highest BCUT2D eigenvalue weighted by Gasteiger charge is 2.27. The monoisotopic (exact) mass is 166 g/mol. The van der Waals surface area contributed by atoms with Gasteiger partial charge in [0.25, 0.3) is 0 Å². The Hall–Kier alpha value is -0.790. The van der Waals surface area contributed by atoms with Crippen LogP contribution >= 0.6 is 0 Å². The van der Waals surface area contributed by atoms with E-state index >= 15 is 0 Å². The molecule has 1 aliphatic heterocycles. The molecule has 0 aromatic carbocycles. The SMILES string of the molecule is CC1=NC(C)(C)C(C)=C(C)N1C. The largest absolute Gasteiger partial charge is 0.337 e. The van der Waals surface area contributed by atoms with E-state index in [0.717, 1.165) is 5.84 Å². The zero-order valence-electron chi connectivity index (χ0n) is 8.89. The Labute approximate surface area is 75.0 Å². The molecule has 0 amide bonds. The average molecular weight is 166 g/mol. The van der Waals surface area contributed by atoms with Crippen LogP contribution in [0.2, 0.25) is 0 Å². The third kappa shape index (κ3) is 1.26. The molecule has 2 heteroatoms. The number of nitrogens with zero attached hydrogens (tertiary/aromatic N) is 2. The third-order valence-electron chi connectivity index (χ3n) is 2.89. The van der Waals surface area contributed by atoms with Gasteiger partial charge in [-0.05, 0) is 40.2 Å². The molecule has 1 aliphatic rings. The van der Waals surface area contributed by atoms with E-state index in [1.807, 2.05) is 0 Å². The lowest BCUT2D eigenvalue weighted by molar-refractivity contribution is 0.502. The van der Waals surface area contributed by atoms with Gasteiger partial charge in [-0.2, -0.15) is 0 Å². The predicted octanol–water partition coefficient (Wildman–Crippen LogP) is 2.42. The van der Waals surface area contributed by atoms with Gasteiger partial charge in [0, 0.05) is 12.7 Å². The fourth-order valence-electron chi connectivity index (χ4n) is 1.50. The second-order valence-electron chi connectivity index (χ2n) is 3.99. The molecule has 0 fully saturated rings. The third-order valence-corrected chi connectivity index (χ3v) is 2.89. The summed E-state index contributed by atoms with van der Waals surface area (Å²) in [5, 5.41) is 0. The second kappa shape index (κ2) is 2.61. The molecule has 1 rings (SSSR count). The van der Waals surface area contributed by atoms with Crippen molar-refractivity contribution < 1.29 is 0 Å². The minimum absolute atomic E-state index is 0.0132. The van der Waals surface area contributed by atoms with E-state index in [1.165, 1.54) is 11.3 Å². The van der Waals surface area contributed by atoms with Crippen molar-refractivity contribution in [2.24, 2.45) is 4.99 Å². The van der Waals surface area contributed by atoms with Gasteiger partial charge >= 0.3 is 0 Å². The van der Waals surface area contributed by atoms with Crippen LogP contribution in [0.4, 0.5) is 0 Å². The summed E-state index contributed by atoms with van der Waals surface area (Å²) >= 11 is 0. The van der Waals surface area contributed by atoms with Crippen LogP contribution in [0.25, 0.3) is 0 Å². The first-order valence-electron chi connectivity index (χ1n) is 4.34. The summed E-state index contributed by atoms with van der Waals surface area (Å²) in [6.07, 6.45) is 0.